The lowest BCUT2D eigenvalue weighted by Gasteiger charge is -2.24. The van der Waals surface area contributed by atoms with Gasteiger partial charge in [0, 0.05) is 12.1 Å². The second-order valence-electron chi connectivity index (χ2n) is 4.00. The molecular weight excluding hydrogens is 272 g/mol. The molecule has 7 nitrogen and oxygen atoms in total. The van der Waals surface area contributed by atoms with Crippen LogP contribution in [0.2, 0.25) is 0 Å². The molecule has 0 atom stereocenters. The minimum absolute atomic E-state index is 0.106. The maximum Gasteiger partial charge on any atom is 0.325 e. The number of thiophene rings is 1. The van der Waals surface area contributed by atoms with Crippen molar-refractivity contribution < 1.29 is 19.2 Å². The molecule has 19 heavy (non-hydrogen) atoms. The van der Waals surface area contributed by atoms with Crippen LogP contribution < -0.4 is 0 Å². The van der Waals surface area contributed by atoms with Crippen molar-refractivity contribution in [3.05, 3.63) is 27.1 Å². The highest BCUT2D eigenvalue weighted by Gasteiger charge is 2.24. The summed E-state index contributed by atoms with van der Waals surface area (Å²) < 4.78 is 4.52. The fourth-order valence-electron chi connectivity index (χ4n) is 1.37. The number of carbonyl (C=O) groups is 2. The number of carbonyl (C=O) groups excluding carboxylic acids is 2. The topological polar surface area (TPSA) is 89.8 Å². The molecule has 8 heteroatoms. The Morgan fingerprint density at radius 2 is 2.11 bits per heavy atom. The van der Waals surface area contributed by atoms with E-state index < -0.39 is 16.8 Å². The van der Waals surface area contributed by atoms with Crippen molar-refractivity contribution >= 4 is 28.2 Å². The summed E-state index contributed by atoms with van der Waals surface area (Å²) in [6, 6.07) is 2.44. The van der Waals surface area contributed by atoms with E-state index in [1.54, 1.807) is 13.8 Å². The molecule has 0 aliphatic carbocycles. The summed E-state index contributed by atoms with van der Waals surface area (Å²) in [5, 5.41) is 10.5. The summed E-state index contributed by atoms with van der Waals surface area (Å²) in [5.74, 6) is -0.952. The number of rotatable bonds is 5. The van der Waals surface area contributed by atoms with Gasteiger partial charge in [-0.05, 0) is 19.9 Å². The number of amides is 1. The zero-order valence-corrected chi connectivity index (χ0v) is 11.6. The number of hydrogen-bond donors (Lipinski definition) is 0. The van der Waals surface area contributed by atoms with Crippen LogP contribution in [0.15, 0.2) is 12.1 Å². The van der Waals surface area contributed by atoms with E-state index in [1.165, 1.54) is 24.1 Å². The van der Waals surface area contributed by atoms with E-state index >= 15 is 0 Å². The normalized spacial score (nSPS) is 10.3. The minimum atomic E-state index is -0.554. The predicted molar refractivity (Wildman–Crippen MR) is 69.2 cm³/mol. The van der Waals surface area contributed by atoms with Crippen LogP contribution in [0.1, 0.15) is 23.5 Å². The van der Waals surface area contributed by atoms with E-state index in [0.29, 0.717) is 0 Å². The summed E-state index contributed by atoms with van der Waals surface area (Å²) in [6.45, 7) is 3.32. The van der Waals surface area contributed by atoms with Gasteiger partial charge in [-0.2, -0.15) is 0 Å². The van der Waals surface area contributed by atoms with Gasteiger partial charge >= 0.3 is 11.0 Å². The first kappa shape index (κ1) is 15.1. The van der Waals surface area contributed by atoms with Gasteiger partial charge in [-0.3, -0.25) is 19.7 Å². The number of hydrogen-bond acceptors (Lipinski definition) is 6. The van der Waals surface area contributed by atoms with Crippen LogP contribution in [-0.4, -0.2) is 41.4 Å². The molecule has 0 aliphatic rings. The molecule has 0 aliphatic heterocycles. The standard InChI is InChI=1S/C11H14N2O5S/c1-7(2)12(6-10(14)18-3)11(15)8-4-5-9(19-8)13(16)17/h4-5,7H,6H2,1-3H3. The van der Waals surface area contributed by atoms with E-state index in [-0.39, 0.29) is 22.5 Å². The van der Waals surface area contributed by atoms with E-state index in [9.17, 15) is 19.7 Å². The fourth-order valence-corrected chi connectivity index (χ4v) is 2.15. The van der Waals surface area contributed by atoms with Crippen molar-refractivity contribution in [1.82, 2.24) is 4.90 Å². The molecule has 1 aromatic heterocycles. The summed E-state index contributed by atoms with van der Waals surface area (Å²) >= 11 is 0.787. The van der Waals surface area contributed by atoms with Crippen LogP contribution in [0.25, 0.3) is 0 Å². The number of methoxy groups -OCH3 is 1. The SMILES string of the molecule is COC(=O)CN(C(=O)c1ccc([N+](=O)[O-])s1)C(C)C. The molecule has 0 saturated heterocycles. The highest BCUT2D eigenvalue weighted by molar-refractivity contribution is 7.17. The Bertz CT molecular complexity index is 497. The predicted octanol–water partition coefficient (Wildman–Crippen LogP) is 1.68. The van der Waals surface area contributed by atoms with Gasteiger partial charge in [0.15, 0.2) is 0 Å². The first-order valence-electron chi connectivity index (χ1n) is 5.48. The Balaban J connectivity index is 2.92. The van der Waals surface area contributed by atoms with Crippen LogP contribution >= 0.6 is 11.3 Å². The Kier molecular flexibility index (Phi) is 4.99. The van der Waals surface area contributed by atoms with Crippen LogP contribution in [-0.2, 0) is 9.53 Å². The molecule has 1 heterocycles. The lowest BCUT2D eigenvalue weighted by atomic mass is 10.3. The zero-order valence-electron chi connectivity index (χ0n) is 10.8. The minimum Gasteiger partial charge on any atom is -0.468 e. The average molecular weight is 286 g/mol. The van der Waals surface area contributed by atoms with Crippen LogP contribution in [0.3, 0.4) is 0 Å². The first-order valence-corrected chi connectivity index (χ1v) is 6.30. The molecule has 0 fully saturated rings. The molecule has 0 spiro atoms. The summed E-state index contributed by atoms with van der Waals surface area (Å²) in [6.07, 6.45) is 0. The van der Waals surface area contributed by atoms with E-state index in [4.69, 9.17) is 0 Å². The van der Waals surface area contributed by atoms with Crippen LogP contribution in [0.4, 0.5) is 5.00 Å². The van der Waals surface area contributed by atoms with Crippen molar-refractivity contribution in [3.8, 4) is 0 Å². The maximum absolute atomic E-state index is 12.2. The van der Waals surface area contributed by atoms with Crippen LogP contribution in [0, 0.1) is 10.1 Å². The number of nitro groups is 1. The second-order valence-corrected chi connectivity index (χ2v) is 5.06. The van der Waals surface area contributed by atoms with Crippen molar-refractivity contribution in [2.75, 3.05) is 13.7 Å². The molecule has 0 unspecified atom stereocenters. The highest BCUT2D eigenvalue weighted by atomic mass is 32.1. The molecule has 0 N–H and O–H groups in total. The monoisotopic (exact) mass is 286 g/mol. The third-order valence-corrected chi connectivity index (χ3v) is 3.42. The highest BCUT2D eigenvalue weighted by Crippen LogP contribution is 2.25. The van der Waals surface area contributed by atoms with Gasteiger partial charge in [-0.1, -0.05) is 11.3 Å². The first-order chi connectivity index (χ1) is 8.86. The Morgan fingerprint density at radius 1 is 1.47 bits per heavy atom. The van der Waals surface area contributed by atoms with Gasteiger partial charge in [-0.25, -0.2) is 0 Å². The molecule has 1 aromatic rings. The van der Waals surface area contributed by atoms with Gasteiger partial charge in [0.2, 0.25) is 0 Å². The molecule has 1 amide bonds. The van der Waals surface area contributed by atoms with Gasteiger partial charge in [0.05, 0.1) is 16.9 Å². The Morgan fingerprint density at radius 3 is 2.53 bits per heavy atom. The van der Waals surface area contributed by atoms with Gasteiger partial charge in [-0.15, -0.1) is 0 Å². The molecule has 0 saturated carbocycles. The third kappa shape index (κ3) is 3.75. The maximum atomic E-state index is 12.2. The molecule has 104 valence electrons. The molecule has 0 bridgehead atoms. The van der Waals surface area contributed by atoms with Crippen LogP contribution in [0.5, 0.6) is 0 Å². The van der Waals surface area contributed by atoms with E-state index in [2.05, 4.69) is 4.74 Å². The van der Waals surface area contributed by atoms with E-state index in [1.807, 2.05) is 0 Å². The number of ether oxygens (including phenoxy) is 1. The number of nitrogens with zero attached hydrogens (tertiary/aromatic N) is 2. The Hall–Kier alpha value is -1.96. The van der Waals surface area contributed by atoms with Crippen molar-refractivity contribution in [1.29, 1.82) is 0 Å². The van der Waals surface area contributed by atoms with Gasteiger partial charge in [0.1, 0.15) is 6.54 Å². The molecular formula is C11H14N2O5S. The smallest absolute Gasteiger partial charge is 0.325 e. The quantitative estimate of drug-likeness (QED) is 0.466. The molecule has 0 radical (unpaired) electrons. The summed E-state index contributed by atoms with van der Waals surface area (Å²) in [7, 11) is 1.24. The van der Waals surface area contributed by atoms with Crippen molar-refractivity contribution in [2.45, 2.75) is 19.9 Å². The summed E-state index contributed by atoms with van der Waals surface area (Å²) in [4.78, 5) is 35.0. The lowest BCUT2D eigenvalue weighted by molar-refractivity contribution is -0.380. The third-order valence-electron chi connectivity index (χ3n) is 2.39. The molecule has 1 rings (SSSR count). The second kappa shape index (κ2) is 6.28. The van der Waals surface area contributed by atoms with E-state index in [0.717, 1.165) is 11.3 Å². The lowest BCUT2D eigenvalue weighted by Crippen LogP contribution is -2.40. The van der Waals surface area contributed by atoms with Crippen molar-refractivity contribution in [3.63, 3.8) is 0 Å². The Labute approximate surface area is 113 Å². The van der Waals surface area contributed by atoms with Crippen molar-refractivity contribution in [2.24, 2.45) is 0 Å². The number of esters is 1. The summed E-state index contributed by atoms with van der Waals surface area (Å²) in [5.41, 5.74) is 0. The fraction of sp³-hybridized carbons (Fsp3) is 0.455. The largest absolute Gasteiger partial charge is 0.468 e. The van der Waals surface area contributed by atoms with Gasteiger partial charge < -0.3 is 9.64 Å². The zero-order chi connectivity index (χ0) is 14.6. The van der Waals surface area contributed by atoms with Gasteiger partial charge in [0.25, 0.3) is 5.91 Å². The average Bonchev–Trinajstić information content (AvgIpc) is 2.84. The molecule has 0 aromatic carbocycles.